The van der Waals surface area contributed by atoms with Gasteiger partial charge in [0.1, 0.15) is 0 Å². The zero-order valence-electron chi connectivity index (χ0n) is 5.20. The summed E-state index contributed by atoms with van der Waals surface area (Å²) >= 11 is 0. The van der Waals surface area contributed by atoms with Crippen LogP contribution in [-0.2, 0) is 0 Å². The van der Waals surface area contributed by atoms with Crippen molar-refractivity contribution in [2.75, 3.05) is 0 Å². The van der Waals surface area contributed by atoms with E-state index in [2.05, 4.69) is 15.0 Å². The molecular formula is C5H2F2N4. The third-order valence-electron chi connectivity index (χ3n) is 0.979. The van der Waals surface area contributed by atoms with Gasteiger partial charge in [0.05, 0.1) is 5.69 Å². The molecule has 4 nitrogen and oxygen atoms in total. The van der Waals surface area contributed by atoms with Gasteiger partial charge in [-0.3, -0.25) is 0 Å². The number of hydrogen-bond donors (Lipinski definition) is 0. The average molecular weight is 156 g/mol. The molecule has 0 aromatic carbocycles. The van der Waals surface area contributed by atoms with Crippen LogP contribution in [0.1, 0.15) is 0 Å². The highest BCUT2D eigenvalue weighted by Crippen LogP contribution is 2.17. The first-order valence-electron chi connectivity index (χ1n) is 2.61. The van der Waals surface area contributed by atoms with E-state index in [0.29, 0.717) is 0 Å². The molecule has 0 bridgehead atoms. The van der Waals surface area contributed by atoms with Crippen molar-refractivity contribution in [2.45, 2.75) is 0 Å². The summed E-state index contributed by atoms with van der Waals surface area (Å²) in [6, 6.07) is 1.08. The number of rotatable bonds is 1. The molecule has 0 saturated carbocycles. The van der Waals surface area contributed by atoms with Crippen molar-refractivity contribution in [1.82, 2.24) is 4.98 Å². The Labute approximate surface area is 60.1 Å². The fourth-order valence-corrected chi connectivity index (χ4v) is 0.534. The van der Waals surface area contributed by atoms with E-state index in [9.17, 15) is 8.78 Å². The second-order valence-corrected chi connectivity index (χ2v) is 1.62. The van der Waals surface area contributed by atoms with Crippen LogP contribution in [0.15, 0.2) is 17.4 Å². The summed E-state index contributed by atoms with van der Waals surface area (Å²) in [5.74, 6) is -2.50. The Bertz CT molecular complexity index is 318. The number of pyridine rings is 1. The van der Waals surface area contributed by atoms with Gasteiger partial charge in [-0.2, -0.15) is 4.39 Å². The minimum Gasteiger partial charge on any atom is -0.226 e. The first kappa shape index (κ1) is 7.43. The quantitative estimate of drug-likeness (QED) is 0.266. The number of nitrogens with zero attached hydrogens (tertiary/aromatic N) is 4. The third-order valence-corrected chi connectivity index (χ3v) is 0.979. The molecule has 6 heteroatoms. The molecule has 0 saturated heterocycles. The molecule has 0 aliphatic rings. The maximum absolute atomic E-state index is 12.5. The summed E-state index contributed by atoms with van der Waals surface area (Å²) in [6.07, 6.45) is 1.02. The van der Waals surface area contributed by atoms with E-state index in [4.69, 9.17) is 5.53 Å². The maximum atomic E-state index is 12.5. The molecule has 1 heterocycles. The first-order chi connectivity index (χ1) is 5.25. The third kappa shape index (κ3) is 1.42. The fourth-order valence-electron chi connectivity index (χ4n) is 0.534. The van der Waals surface area contributed by atoms with Gasteiger partial charge in [0.2, 0.25) is 5.95 Å². The van der Waals surface area contributed by atoms with Crippen LogP contribution in [0.4, 0.5) is 14.5 Å². The molecule has 0 radical (unpaired) electrons. The lowest BCUT2D eigenvalue weighted by Crippen LogP contribution is -1.86. The SMILES string of the molecule is [N-]=[N+]=Nc1ccnc(F)c1F. The molecule has 0 amide bonds. The molecule has 0 unspecified atom stereocenters. The van der Waals surface area contributed by atoms with Crippen molar-refractivity contribution < 1.29 is 8.78 Å². The lowest BCUT2D eigenvalue weighted by atomic mass is 10.4. The Morgan fingerprint density at radius 1 is 1.55 bits per heavy atom. The maximum Gasteiger partial charge on any atom is 0.249 e. The summed E-state index contributed by atoms with van der Waals surface area (Å²) in [5, 5.41) is 2.89. The van der Waals surface area contributed by atoms with Gasteiger partial charge in [-0.05, 0) is 11.6 Å². The van der Waals surface area contributed by atoms with Gasteiger partial charge in [-0.1, -0.05) is 5.11 Å². The van der Waals surface area contributed by atoms with Crippen molar-refractivity contribution in [3.63, 3.8) is 0 Å². The lowest BCUT2D eigenvalue weighted by Gasteiger charge is -1.92. The minimum atomic E-state index is -1.27. The van der Waals surface area contributed by atoms with E-state index < -0.39 is 11.8 Å². The summed E-state index contributed by atoms with van der Waals surface area (Å²) in [7, 11) is 0. The zero-order chi connectivity index (χ0) is 8.27. The van der Waals surface area contributed by atoms with Gasteiger partial charge < -0.3 is 0 Å². The molecule has 1 aromatic heterocycles. The molecule has 1 aromatic rings. The van der Waals surface area contributed by atoms with Crippen LogP contribution < -0.4 is 0 Å². The number of hydrogen-bond acceptors (Lipinski definition) is 2. The normalized spacial score (nSPS) is 8.91. The molecule has 0 N–H and O–H groups in total. The van der Waals surface area contributed by atoms with Gasteiger partial charge in [0.25, 0.3) is 0 Å². The van der Waals surface area contributed by atoms with Crippen LogP contribution in [0.3, 0.4) is 0 Å². The van der Waals surface area contributed by atoms with Crippen LogP contribution in [-0.4, -0.2) is 4.98 Å². The van der Waals surface area contributed by atoms with Gasteiger partial charge >= 0.3 is 0 Å². The molecule has 0 atom stereocenters. The predicted molar refractivity (Wildman–Crippen MR) is 33.0 cm³/mol. The number of halogens is 2. The second-order valence-electron chi connectivity index (χ2n) is 1.62. The molecule has 0 aliphatic heterocycles. The first-order valence-corrected chi connectivity index (χ1v) is 2.61. The molecule has 0 fully saturated rings. The van der Waals surface area contributed by atoms with Gasteiger partial charge in [-0.15, -0.1) is 0 Å². The Balaban J connectivity index is 3.26. The second kappa shape index (κ2) is 2.94. The molecular weight excluding hydrogens is 154 g/mol. The van der Waals surface area contributed by atoms with E-state index in [-0.39, 0.29) is 5.69 Å². The van der Waals surface area contributed by atoms with E-state index in [1.807, 2.05) is 0 Å². The van der Waals surface area contributed by atoms with Crippen LogP contribution in [0.25, 0.3) is 10.4 Å². The van der Waals surface area contributed by atoms with Crippen LogP contribution in [0.5, 0.6) is 0 Å². The van der Waals surface area contributed by atoms with Crippen molar-refractivity contribution in [3.05, 3.63) is 34.5 Å². The van der Waals surface area contributed by atoms with Gasteiger partial charge in [0.15, 0.2) is 5.82 Å². The van der Waals surface area contributed by atoms with Gasteiger partial charge in [0, 0.05) is 11.1 Å². The zero-order valence-corrected chi connectivity index (χ0v) is 5.20. The lowest BCUT2D eigenvalue weighted by molar-refractivity contribution is 0.481. The number of aromatic nitrogens is 1. The minimum absolute atomic E-state index is 0.389. The van der Waals surface area contributed by atoms with E-state index in [0.717, 1.165) is 12.3 Å². The van der Waals surface area contributed by atoms with Gasteiger partial charge in [-0.25, -0.2) is 9.37 Å². The Hall–Kier alpha value is -1.68. The topological polar surface area (TPSA) is 61.7 Å². The number of azide groups is 1. The highest BCUT2D eigenvalue weighted by molar-refractivity contribution is 5.35. The standard InChI is InChI=1S/C5H2F2N4/c6-4-3(10-11-8)1-2-9-5(4)7/h1-2H. The highest BCUT2D eigenvalue weighted by Gasteiger charge is 2.05. The molecule has 56 valence electrons. The molecule has 0 spiro atoms. The monoisotopic (exact) mass is 156 g/mol. The highest BCUT2D eigenvalue weighted by atomic mass is 19.2. The van der Waals surface area contributed by atoms with Crippen molar-refractivity contribution in [3.8, 4) is 0 Å². The van der Waals surface area contributed by atoms with E-state index in [1.54, 1.807) is 0 Å². The fraction of sp³-hybridized carbons (Fsp3) is 0. The summed E-state index contributed by atoms with van der Waals surface area (Å²) in [6.45, 7) is 0. The summed E-state index contributed by atoms with van der Waals surface area (Å²) < 4.78 is 24.7. The Kier molecular flexibility index (Phi) is 1.98. The largest absolute Gasteiger partial charge is 0.249 e. The molecule has 0 aliphatic carbocycles. The predicted octanol–water partition coefficient (Wildman–Crippen LogP) is 2.30. The Morgan fingerprint density at radius 2 is 2.27 bits per heavy atom. The van der Waals surface area contributed by atoms with E-state index in [1.165, 1.54) is 0 Å². The van der Waals surface area contributed by atoms with E-state index >= 15 is 0 Å². The van der Waals surface area contributed by atoms with Crippen molar-refractivity contribution in [2.24, 2.45) is 5.11 Å². The summed E-state index contributed by atoms with van der Waals surface area (Å²) in [4.78, 5) is 5.30. The van der Waals surface area contributed by atoms with Crippen LogP contribution >= 0.6 is 0 Å². The van der Waals surface area contributed by atoms with Crippen LogP contribution in [0, 0.1) is 11.8 Å². The summed E-state index contributed by atoms with van der Waals surface area (Å²) in [5.41, 5.74) is 7.49. The van der Waals surface area contributed by atoms with Crippen molar-refractivity contribution >= 4 is 5.69 Å². The van der Waals surface area contributed by atoms with Crippen LogP contribution in [0.2, 0.25) is 0 Å². The average Bonchev–Trinajstić information content (AvgIpc) is 1.99. The molecule has 11 heavy (non-hydrogen) atoms. The molecule has 1 rings (SSSR count). The Morgan fingerprint density at radius 3 is 2.91 bits per heavy atom. The van der Waals surface area contributed by atoms with Crippen molar-refractivity contribution in [1.29, 1.82) is 0 Å². The smallest absolute Gasteiger partial charge is 0.226 e.